The summed E-state index contributed by atoms with van der Waals surface area (Å²) in [5.74, 6) is 0. The van der Waals surface area contributed by atoms with E-state index in [0.717, 1.165) is 0 Å². The smallest absolute Gasteiger partial charge is 0.215 e. The van der Waals surface area contributed by atoms with Gasteiger partial charge in [-0.05, 0) is 12.5 Å². The third kappa shape index (κ3) is 3.16. The van der Waals surface area contributed by atoms with Gasteiger partial charge in [-0.25, -0.2) is 0 Å². The molecule has 0 saturated heterocycles. The van der Waals surface area contributed by atoms with Crippen LogP contribution in [0, 0.1) is 0 Å². The molecule has 0 aliphatic carbocycles. The molecule has 0 amide bonds. The topological polar surface area (TPSA) is 17.1 Å². The van der Waals surface area contributed by atoms with Gasteiger partial charge in [-0.1, -0.05) is 18.3 Å². The standard InChI is InChI=1S/C5H8OS2/c1-4(2)5(6)8-3-7/h7H,1,3H2,2H3. The van der Waals surface area contributed by atoms with E-state index in [2.05, 4.69) is 19.2 Å². The minimum atomic E-state index is 0.0278. The molecule has 0 aromatic rings. The van der Waals surface area contributed by atoms with Crippen LogP contribution in [-0.2, 0) is 4.79 Å². The zero-order valence-corrected chi connectivity index (χ0v) is 6.39. The SMILES string of the molecule is C=C(C)C(=O)SCS. The van der Waals surface area contributed by atoms with Crippen LogP contribution in [0.3, 0.4) is 0 Å². The van der Waals surface area contributed by atoms with Crippen molar-refractivity contribution in [1.82, 2.24) is 0 Å². The molecule has 0 N–H and O–H groups in total. The molecule has 0 spiro atoms. The molecule has 3 heteroatoms. The van der Waals surface area contributed by atoms with Gasteiger partial charge in [-0.2, -0.15) is 12.6 Å². The van der Waals surface area contributed by atoms with Gasteiger partial charge in [0, 0.05) is 5.08 Å². The van der Waals surface area contributed by atoms with Crippen molar-refractivity contribution in [1.29, 1.82) is 0 Å². The van der Waals surface area contributed by atoms with Crippen molar-refractivity contribution in [2.24, 2.45) is 0 Å². The molecule has 0 atom stereocenters. The first-order valence-corrected chi connectivity index (χ1v) is 3.73. The van der Waals surface area contributed by atoms with E-state index in [1.165, 1.54) is 11.8 Å². The molecule has 0 unspecified atom stereocenters. The number of hydrogen-bond donors (Lipinski definition) is 1. The highest BCUT2D eigenvalue weighted by Gasteiger charge is 1.98. The fourth-order valence-electron chi connectivity index (χ4n) is 0.182. The average molecular weight is 148 g/mol. The minimum Gasteiger partial charge on any atom is -0.282 e. The van der Waals surface area contributed by atoms with Crippen LogP contribution in [0.4, 0.5) is 0 Å². The Hall–Kier alpha value is 0.110. The summed E-state index contributed by atoms with van der Waals surface area (Å²) in [4.78, 5) is 10.6. The van der Waals surface area contributed by atoms with Crippen LogP contribution in [0.2, 0.25) is 0 Å². The predicted molar refractivity (Wildman–Crippen MR) is 41.3 cm³/mol. The summed E-state index contributed by atoms with van der Waals surface area (Å²) >= 11 is 5.02. The van der Waals surface area contributed by atoms with E-state index >= 15 is 0 Å². The van der Waals surface area contributed by atoms with Crippen molar-refractivity contribution in [2.75, 3.05) is 5.08 Å². The van der Waals surface area contributed by atoms with Gasteiger partial charge in [0.25, 0.3) is 0 Å². The highest BCUT2D eigenvalue weighted by Crippen LogP contribution is 2.08. The number of rotatable bonds is 2. The van der Waals surface area contributed by atoms with Gasteiger partial charge in [0.1, 0.15) is 0 Å². The first-order chi connectivity index (χ1) is 3.68. The molecule has 8 heavy (non-hydrogen) atoms. The number of thiol groups is 1. The van der Waals surface area contributed by atoms with Crippen LogP contribution in [0.25, 0.3) is 0 Å². The Morgan fingerprint density at radius 2 is 2.38 bits per heavy atom. The Balaban J connectivity index is 3.49. The van der Waals surface area contributed by atoms with E-state index < -0.39 is 0 Å². The Kier molecular flexibility index (Phi) is 4.09. The van der Waals surface area contributed by atoms with Gasteiger partial charge >= 0.3 is 0 Å². The lowest BCUT2D eigenvalue weighted by Gasteiger charge is -1.91. The molecule has 0 radical (unpaired) electrons. The van der Waals surface area contributed by atoms with Crippen molar-refractivity contribution in [3.8, 4) is 0 Å². The van der Waals surface area contributed by atoms with Crippen molar-refractivity contribution < 1.29 is 4.79 Å². The summed E-state index contributed by atoms with van der Waals surface area (Å²) in [6, 6.07) is 0. The first kappa shape index (κ1) is 8.11. The third-order valence-corrected chi connectivity index (χ3v) is 1.67. The zero-order chi connectivity index (χ0) is 6.57. The molecule has 0 aliphatic heterocycles. The molecule has 0 saturated carbocycles. The van der Waals surface area contributed by atoms with E-state index in [1.807, 2.05) is 0 Å². The molecule has 46 valence electrons. The second-order valence-electron chi connectivity index (χ2n) is 1.34. The van der Waals surface area contributed by atoms with Crippen LogP contribution in [0.15, 0.2) is 12.2 Å². The number of thioether (sulfide) groups is 1. The van der Waals surface area contributed by atoms with Crippen molar-refractivity contribution in [3.05, 3.63) is 12.2 Å². The minimum absolute atomic E-state index is 0.0278. The van der Waals surface area contributed by atoms with Crippen LogP contribution < -0.4 is 0 Å². The summed E-state index contributed by atoms with van der Waals surface area (Å²) in [6.45, 7) is 5.16. The van der Waals surface area contributed by atoms with Gasteiger partial charge in [0.05, 0.1) is 0 Å². The maximum Gasteiger partial charge on any atom is 0.215 e. The van der Waals surface area contributed by atoms with Gasteiger partial charge in [0.15, 0.2) is 0 Å². The van der Waals surface area contributed by atoms with Gasteiger partial charge in [0.2, 0.25) is 5.12 Å². The highest BCUT2D eigenvalue weighted by molar-refractivity contribution is 8.20. The monoisotopic (exact) mass is 148 g/mol. The fourth-order valence-corrected chi connectivity index (χ4v) is 0.897. The quantitative estimate of drug-likeness (QED) is 0.365. The Labute approximate surface area is 58.9 Å². The summed E-state index contributed by atoms with van der Waals surface area (Å²) in [5.41, 5.74) is 0.587. The Bertz CT molecular complexity index is 109. The summed E-state index contributed by atoms with van der Waals surface area (Å²) < 4.78 is 0. The molecule has 0 bridgehead atoms. The Morgan fingerprint density at radius 1 is 1.88 bits per heavy atom. The van der Waals surface area contributed by atoms with Crippen molar-refractivity contribution >= 4 is 29.5 Å². The molecule has 0 aliphatic rings. The lowest BCUT2D eigenvalue weighted by atomic mass is 10.4. The van der Waals surface area contributed by atoms with Crippen LogP contribution in [0.5, 0.6) is 0 Å². The van der Waals surface area contributed by atoms with Gasteiger partial charge < -0.3 is 0 Å². The second-order valence-corrected chi connectivity index (χ2v) is 3.03. The zero-order valence-electron chi connectivity index (χ0n) is 4.68. The highest BCUT2D eigenvalue weighted by atomic mass is 32.2. The fraction of sp³-hybridized carbons (Fsp3) is 0.400. The Morgan fingerprint density at radius 3 is 2.50 bits per heavy atom. The number of hydrogen-bond acceptors (Lipinski definition) is 3. The molecular weight excluding hydrogens is 140 g/mol. The van der Waals surface area contributed by atoms with E-state index in [9.17, 15) is 4.79 Å². The maximum atomic E-state index is 10.6. The van der Waals surface area contributed by atoms with Gasteiger partial charge in [-0.3, -0.25) is 4.79 Å². The van der Waals surface area contributed by atoms with Crippen molar-refractivity contribution in [3.63, 3.8) is 0 Å². The second kappa shape index (κ2) is 4.04. The van der Waals surface area contributed by atoms with Crippen LogP contribution in [-0.4, -0.2) is 10.2 Å². The molecular formula is C5H8OS2. The van der Waals surface area contributed by atoms with Gasteiger partial charge in [-0.15, -0.1) is 0 Å². The average Bonchev–Trinajstić information content (AvgIpc) is 1.67. The predicted octanol–water partition coefficient (Wildman–Crippen LogP) is 1.71. The van der Waals surface area contributed by atoms with Crippen LogP contribution >= 0.6 is 24.4 Å². The summed E-state index contributed by atoms with van der Waals surface area (Å²) in [6.07, 6.45) is 0. The first-order valence-electron chi connectivity index (χ1n) is 2.12. The third-order valence-electron chi connectivity index (χ3n) is 0.544. The normalized spacial score (nSPS) is 8.75. The molecule has 0 rings (SSSR count). The van der Waals surface area contributed by atoms with Crippen molar-refractivity contribution in [2.45, 2.75) is 6.92 Å². The molecule has 1 nitrogen and oxygen atoms in total. The summed E-state index contributed by atoms with van der Waals surface area (Å²) in [5, 5.41) is 0.561. The maximum absolute atomic E-state index is 10.6. The lowest BCUT2D eigenvalue weighted by molar-refractivity contribution is -0.107. The van der Waals surface area contributed by atoms with E-state index in [0.29, 0.717) is 10.7 Å². The summed E-state index contributed by atoms with van der Waals surface area (Å²) in [7, 11) is 0. The number of carbonyl (C=O) groups excluding carboxylic acids is 1. The molecule has 0 heterocycles. The molecule has 0 aromatic carbocycles. The van der Waals surface area contributed by atoms with E-state index in [4.69, 9.17) is 0 Å². The van der Waals surface area contributed by atoms with Crippen LogP contribution in [0.1, 0.15) is 6.92 Å². The molecule has 0 aromatic heterocycles. The largest absolute Gasteiger partial charge is 0.282 e. The molecule has 0 fully saturated rings. The van der Waals surface area contributed by atoms with E-state index in [-0.39, 0.29) is 5.12 Å². The van der Waals surface area contributed by atoms with E-state index in [1.54, 1.807) is 6.92 Å². The number of carbonyl (C=O) groups is 1. The lowest BCUT2D eigenvalue weighted by Crippen LogP contribution is -1.89.